The van der Waals surface area contributed by atoms with E-state index in [1.54, 1.807) is 18.8 Å². The Bertz CT molecular complexity index is 2320. The van der Waals surface area contributed by atoms with E-state index in [0.717, 1.165) is 0 Å². The van der Waals surface area contributed by atoms with Gasteiger partial charge in [-0.25, -0.2) is 0 Å². The first kappa shape index (κ1) is 48.6. The summed E-state index contributed by atoms with van der Waals surface area (Å²) in [4.78, 5) is 44.2. The number of ether oxygens (including phenoxy) is 4. The maximum atomic E-state index is 15.0. The Morgan fingerprint density at radius 3 is 1.61 bits per heavy atom. The number of methoxy groups -OCH3 is 2. The molecule has 2 saturated heterocycles. The molecule has 0 spiro atoms. The fourth-order valence-corrected chi connectivity index (χ4v) is 12.3. The number of fused-ring (bicyclic) bond motifs is 4. The Balaban J connectivity index is 1.24. The van der Waals surface area contributed by atoms with Crippen LogP contribution in [0.2, 0.25) is 0 Å². The summed E-state index contributed by atoms with van der Waals surface area (Å²) in [5.41, 5.74) is 1.51. The number of amides is 3. The van der Waals surface area contributed by atoms with Gasteiger partial charge in [0.15, 0.2) is 41.0 Å². The molecule has 2 aromatic carbocycles. The quantitative estimate of drug-likeness (QED) is 0.0769. The third-order valence-corrected chi connectivity index (χ3v) is 17.2. The summed E-state index contributed by atoms with van der Waals surface area (Å²) in [6, 6.07) is 3.68. The Labute approximate surface area is 372 Å². The van der Waals surface area contributed by atoms with Crippen LogP contribution in [0.15, 0.2) is 48.6 Å². The molecule has 0 saturated carbocycles. The molecule has 2 unspecified atom stereocenters. The van der Waals surface area contributed by atoms with Crippen LogP contribution in [-0.2, 0) is 29.6 Å². The van der Waals surface area contributed by atoms with Crippen LogP contribution in [0.1, 0.15) is 46.4 Å². The average Bonchev–Trinajstić information content (AvgIpc) is 3.76. The number of carbonyl (C=O) groups excluding carboxylic acids is 3. The Kier molecular flexibility index (Phi) is 14.6. The molecule has 0 bridgehead atoms. The molecule has 0 aliphatic carbocycles. The van der Waals surface area contributed by atoms with Crippen molar-refractivity contribution in [3.63, 3.8) is 0 Å². The van der Waals surface area contributed by atoms with Crippen LogP contribution in [0.5, 0.6) is 23.0 Å². The molecule has 4 heterocycles. The van der Waals surface area contributed by atoms with Gasteiger partial charge in [0.05, 0.1) is 62.0 Å². The van der Waals surface area contributed by atoms with Crippen molar-refractivity contribution in [3.8, 4) is 23.0 Å². The highest BCUT2D eigenvalue weighted by Crippen LogP contribution is 2.49. The number of hydrogen-bond acceptors (Lipinski definition) is 15. The molecule has 3 amide bonds. The SMILES string of the molecule is C=C1C[C@H]2C(S(=O)(=O)O)Nc3cc(OCCP(=O)(CCOc4cc5c(cc4OC)C(=O)N4CC(=C)C[C@H]4C(S(=O)(=O)O)N5)N(C)CCN(C)C(=O)CCCO)c(OC)cc3C(=O)N2C1. The van der Waals surface area contributed by atoms with Crippen molar-refractivity contribution in [2.24, 2.45) is 0 Å². The Morgan fingerprint density at radius 2 is 1.22 bits per heavy atom. The van der Waals surface area contributed by atoms with E-state index in [2.05, 4.69) is 23.8 Å². The van der Waals surface area contributed by atoms with Gasteiger partial charge in [-0.1, -0.05) is 24.3 Å². The third kappa shape index (κ3) is 10.3. The molecule has 21 nitrogen and oxygen atoms in total. The van der Waals surface area contributed by atoms with Gasteiger partial charge in [0, 0.05) is 70.7 Å². The van der Waals surface area contributed by atoms with Crippen molar-refractivity contribution >= 4 is 56.6 Å². The lowest BCUT2D eigenvalue weighted by molar-refractivity contribution is -0.130. The van der Waals surface area contributed by atoms with Crippen molar-refractivity contribution in [1.82, 2.24) is 19.4 Å². The van der Waals surface area contributed by atoms with E-state index >= 15 is 4.57 Å². The molecule has 2 fully saturated rings. The lowest BCUT2D eigenvalue weighted by atomic mass is 10.1. The standard InChI is InChI=1S/C40H55N6O15PS2/c1-24-16-30-37(63(52,53)54)41-28-20-34(32(58-5)18-26(28)39(49)45(30)22-24)60-12-14-62(51,44(4)10-9-43(3)36(48)8-7-11-47)15-13-61-35-21-29-27(19-33(35)59-6)40(50)46-23-25(2)17-31(46)38(42-29)64(55,56)57/h18-21,30-31,37-38,41-42,47H,1-2,7-17,22-23H2,3-6H3,(H,52,53,54)(H,55,56,57)/t30-,31-,37?,38?,62?/m0/s1. The van der Waals surface area contributed by atoms with Gasteiger partial charge < -0.3 is 54.0 Å². The molecule has 0 radical (unpaired) electrons. The van der Waals surface area contributed by atoms with Gasteiger partial charge in [-0.15, -0.1) is 0 Å². The van der Waals surface area contributed by atoms with Crippen LogP contribution < -0.4 is 29.6 Å². The lowest BCUT2D eigenvalue weighted by Gasteiger charge is -2.30. The molecular weight excluding hydrogens is 900 g/mol. The van der Waals surface area contributed by atoms with Crippen LogP contribution in [0, 0.1) is 0 Å². The normalized spacial score (nSPS) is 21.7. The van der Waals surface area contributed by atoms with Crippen LogP contribution in [0.3, 0.4) is 0 Å². The number of rotatable bonds is 19. The summed E-state index contributed by atoms with van der Waals surface area (Å²) >= 11 is 0. The smallest absolute Gasteiger partial charge is 0.288 e. The number of nitrogens with zero attached hydrogens (tertiary/aromatic N) is 4. The van der Waals surface area contributed by atoms with Crippen molar-refractivity contribution < 1.29 is 68.9 Å². The highest BCUT2D eigenvalue weighted by Gasteiger charge is 2.47. The fourth-order valence-electron chi connectivity index (χ4n) is 8.33. The predicted octanol–water partition coefficient (Wildman–Crippen LogP) is 2.42. The second-order valence-electron chi connectivity index (χ2n) is 16.2. The second-order valence-corrected chi connectivity index (χ2v) is 22.5. The maximum Gasteiger partial charge on any atom is 0.288 e. The maximum absolute atomic E-state index is 15.0. The number of likely N-dealkylation sites (N-methyl/N-ethyl adjacent to an activating group) is 2. The number of aliphatic hydroxyl groups excluding tert-OH is 1. The van der Waals surface area contributed by atoms with E-state index in [-0.39, 0.29) is 135 Å². The lowest BCUT2D eigenvalue weighted by Crippen LogP contribution is -2.47. The van der Waals surface area contributed by atoms with Gasteiger partial charge in [-0.05, 0) is 38.4 Å². The number of aliphatic hydroxyl groups is 1. The van der Waals surface area contributed by atoms with Crippen molar-refractivity contribution in [3.05, 3.63) is 59.7 Å². The monoisotopic (exact) mass is 954 g/mol. The average molecular weight is 955 g/mol. The minimum Gasteiger partial charge on any atom is -0.493 e. The van der Waals surface area contributed by atoms with E-state index in [1.807, 2.05) is 0 Å². The zero-order chi connectivity index (χ0) is 46.9. The van der Waals surface area contributed by atoms with Gasteiger partial charge in [0.25, 0.3) is 32.1 Å². The molecule has 4 aliphatic heterocycles. The summed E-state index contributed by atoms with van der Waals surface area (Å²) < 4.78 is 111. The summed E-state index contributed by atoms with van der Waals surface area (Å²) in [6.45, 7) is 7.79. The fraction of sp³-hybridized carbons (Fsp3) is 0.525. The Hall–Kier alpha value is -4.90. The van der Waals surface area contributed by atoms with E-state index in [4.69, 9.17) is 18.9 Å². The molecule has 5 N–H and O–H groups in total. The molecule has 64 heavy (non-hydrogen) atoms. The van der Waals surface area contributed by atoms with E-state index < -0.39 is 62.2 Å². The highest BCUT2D eigenvalue weighted by atomic mass is 32.2. The van der Waals surface area contributed by atoms with Crippen molar-refractivity contribution in [1.29, 1.82) is 0 Å². The topological polar surface area (TPSA) is 271 Å². The minimum absolute atomic E-state index is 0.0608. The molecule has 4 aliphatic rings. The molecular formula is C40H55N6O15PS2. The molecule has 4 atom stereocenters. The number of nitrogens with one attached hydrogen (secondary N) is 2. The number of carbonyl (C=O) groups is 3. The van der Waals surface area contributed by atoms with E-state index in [0.29, 0.717) is 11.1 Å². The summed E-state index contributed by atoms with van der Waals surface area (Å²) in [5.74, 6) is -0.840. The molecule has 6 rings (SSSR count). The van der Waals surface area contributed by atoms with Crippen LogP contribution in [0.4, 0.5) is 11.4 Å². The summed E-state index contributed by atoms with van der Waals surface area (Å²) in [5, 5.41) is 11.6. The first-order valence-electron chi connectivity index (χ1n) is 20.3. The van der Waals surface area contributed by atoms with Gasteiger partial charge in [0.2, 0.25) is 5.91 Å². The number of anilines is 2. The van der Waals surface area contributed by atoms with E-state index in [1.165, 1.54) is 53.2 Å². The largest absolute Gasteiger partial charge is 0.493 e. The van der Waals surface area contributed by atoms with Crippen LogP contribution in [0.25, 0.3) is 0 Å². The van der Waals surface area contributed by atoms with Crippen molar-refractivity contribution in [2.75, 3.05) is 97.3 Å². The molecule has 352 valence electrons. The zero-order valence-electron chi connectivity index (χ0n) is 36.0. The number of hydrogen-bond donors (Lipinski definition) is 5. The predicted molar refractivity (Wildman–Crippen MR) is 236 cm³/mol. The number of benzene rings is 2. The summed E-state index contributed by atoms with van der Waals surface area (Å²) in [7, 11) is -7.01. The summed E-state index contributed by atoms with van der Waals surface area (Å²) in [6.07, 6.45) is 0.522. The third-order valence-electron chi connectivity index (χ3n) is 11.9. The molecule has 24 heteroatoms. The first-order valence-corrected chi connectivity index (χ1v) is 25.4. The van der Waals surface area contributed by atoms with Gasteiger partial charge in [-0.3, -0.25) is 28.2 Å². The van der Waals surface area contributed by atoms with E-state index in [9.17, 15) is 45.4 Å². The van der Waals surface area contributed by atoms with Gasteiger partial charge in [0.1, 0.15) is 0 Å². The van der Waals surface area contributed by atoms with Crippen molar-refractivity contribution in [2.45, 2.75) is 48.5 Å². The first-order chi connectivity index (χ1) is 30.1. The zero-order valence-corrected chi connectivity index (χ0v) is 38.5. The van der Waals surface area contributed by atoms with Crippen LogP contribution in [-0.4, -0.2) is 178 Å². The van der Waals surface area contributed by atoms with Gasteiger partial charge in [-0.2, -0.15) is 16.8 Å². The van der Waals surface area contributed by atoms with Gasteiger partial charge >= 0.3 is 0 Å². The highest BCUT2D eigenvalue weighted by molar-refractivity contribution is 7.86. The second kappa shape index (κ2) is 19.3. The van der Waals surface area contributed by atoms with Crippen LogP contribution >= 0.6 is 7.29 Å². The Morgan fingerprint density at radius 1 is 0.781 bits per heavy atom. The molecule has 0 aromatic heterocycles. The molecule has 2 aromatic rings. The minimum atomic E-state index is -4.72.